The van der Waals surface area contributed by atoms with Crippen molar-refractivity contribution in [3.63, 3.8) is 0 Å². The third-order valence-electron chi connectivity index (χ3n) is 5.59. The van der Waals surface area contributed by atoms with Gasteiger partial charge in [-0.05, 0) is 37.5 Å². The van der Waals surface area contributed by atoms with E-state index >= 15 is 0 Å². The summed E-state index contributed by atoms with van der Waals surface area (Å²) in [5.41, 5.74) is 2.77. The van der Waals surface area contributed by atoms with E-state index in [1.165, 1.54) is 44.5 Å². The number of hydrogen-bond donors (Lipinski definition) is 0. The normalized spacial score (nSPS) is 11.1. The fraction of sp³-hybridized carbons (Fsp3) is 0.423. The Balaban J connectivity index is 1.59. The van der Waals surface area contributed by atoms with Crippen LogP contribution in [0, 0.1) is 18.6 Å². The van der Waals surface area contributed by atoms with Crippen LogP contribution in [0.25, 0.3) is 22.5 Å². The molecule has 0 aliphatic heterocycles. The molecule has 3 aromatic rings. The number of benzene rings is 1. The maximum atomic E-state index is 14.7. The maximum absolute atomic E-state index is 14.7. The molecule has 0 bridgehead atoms. The SMILES string of the molecule is CCCCCCCCCCc1ccc(-c2cnc(-c3ccc(C)nc3)nc2)c(F)c1F. The number of rotatable bonds is 11. The number of hydrogen-bond acceptors (Lipinski definition) is 3. The highest BCUT2D eigenvalue weighted by molar-refractivity contribution is 5.64. The molecule has 0 aliphatic rings. The second-order valence-corrected chi connectivity index (χ2v) is 8.11. The van der Waals surface area contributed by atoms with Crippen LogP contribution < -0.4 is 0 Å². The minimum Gasteiger partial charge on any atom is -0.261 e. The van der Waals surface area contributed by atoms with Gasteiger partial charge >= 0.3 is 0 Å². The third kappa shape index (κ3) is 6.39. The summed E-state index contributed by atoms with van der Waals surface area (Å²) in [5, 5.41) is 0. The van der Waals surface area contributed by atoms with Gasteiger partial charge < -0.3 is 0 Å². The summed E-state index contributed by atoms with van der Waals surface area (Å²) in [7, 11) is 0. The first-order valence-corrected chi connectivity index (χ1v) is 11.3. The molecule has 2 aromatic heterocycles. The van der Waals surface area contributed by atoms with Crippen molar-refractivity contribution in [2.45, 2.75) is 71.6 Å². The molecule has 0 saturated heterocycles. The van der Waals surface area contributed by atoms with Gasteiger partial charge in [-0.1, -0.05) is 64.0 Å². The van der Waals surface area contributed by atoms with Gasteiger partial charge in [0.15, 0.2) is 17.5 Å². The molecular weight excluding hydrogens is 392 g/mol. The molecular formula is C26H31F2N3. The highest BCUT2D eigenvalue weighted by Gasteiger charge is 2.15. The van der Waals surface area contributed by atoms with Crippen LogP contribution in [0.3, 0.4) is 0 Å². The van der Waals surface area contributed by atoms with Crippen LogP contribution in [-0.2, 0) is 6.42 Å². The second kappa shape index (κ2) is 11.6. The van der Waals surface area contributed by atoms with E-state index in [0.29, 0.717) is 23.4 Å². The van der Waals surface area contributed by atoms with E-state index in [1.807, 2.05) is 19.1 Å². The van der Waals surface area contributed by atoms with Gasteiger partial charge in [0.1, 0.15) is 0 Å². The van der Waals surface area contributed by atoms with Crippen LogP contribution in [0.1, 0.15) is 69.5 Å². The maximum Gasteiger partial charge on any atom is 0.167 e. The largest absolute Gasteiger partial charge is 0.261 e. The fourth-order valence-corrected chi connectivity index (χ4v) is 3.67. The summed E-state index contributed by atoms with van der Waals surface area (Å²) < 4.78 is 29.3. The molecule has 3 rings (SSSR count). The fourth-order valence-electron chi connectivity index (χ4n) is 3.67. The lowest BCUT2D eigenvalue weighted by Crippen LogP contribution is -1.99. The number of aromatic nitrogens is 3. The molecule has 31 heavy (non-hydrogen) atoms. The minimum atomic E-state index is -0.828. The van der Waals surface area contributed by atoms with Crippen molar-refractivity contribution in [2.24, 2.45) is 0 Å². The Labute approximate surface area is 184 Å². The molecule has 0 fully saturated rings. The Kier molecular flexibility index (Phi) is 8.63. The van der Waals surface area contributed by atoms with Gasteiger partial charge in [-0.25, -0.2) is 18.7 Å². The number of halogens is 2. The van der Waals surface area contributed by atoms with E-state index in [4.69, 9.17) is 0 Å². The van der Waals surface area contributed by atoms with Crippen molar-refractivity contribution >= 4 is 0 Å². The Bertz CT molecular complexity index is 954. The summed E-state index contributed by atoms with van der Waals surface area (Å²) in [6, 6.07) is 7.08. The average Bonchev–Trinajstić information content (AvgIpc) is 2.79. The molecule has 0 atom stereocenters. The Morgan fingerprint density at radius 1 is 0.677 bits per heavy atom. The molecule has 0 radical (unpaired) electrons. The van der Waals surface area contributed by atoms with Crippen LogP contribution in [0.15, 0.2) is 42.9 Å². The molecule has 0 aliphatic carbocycles. The van der Waals surface area contributed by atoms with Crippen molar-refractivity contribution in [1.82, 2.24) is 15.0 Å². The number of aryl methyl sites for hydroxylation is 2. The quantitative estimate of drug-likeness (QED) is 0.300. The van der Waals surface area contributed by atoms with Crippen LogP contribution in [0.4, 0.5) is 8.78 Å². The summed E-state index contributed by atoms with van der Waals surface area (Å²) in [5.74, 6) is -1.08. The van der Waals surface area contributed by atoms with Crippen molar-refractivity contribution in [1.29, 1.82) is 0 Å². The van der Waals surface area contributed by atoms with Crippen LogP contribution >= 0.6 is 0 Å². The van der Waals surface area contributed by atoms with Crippen molar-refractivity contribution < 1.29 is 8.78 Å². The van der Waals surface area contributed by atoms with E-state index < -0.39 is 11.6 Å². The van der Waals surface area contributed by atoms with Gasteiger partial charge in [0.05, 0.1) is 0 Å². The van der Waals surface area contributed by atoms with Crippen molar-refractivity contribution in [3.05, 3.63) is 65.7 Å². The van der Waals surface area contributed by atoms with Crippen molar-refractivity contribution in [3.8, 4) is 22.5 Å². The van der Waals surface area contributed by atoms with Gasteiger partial charge in [-0.3, -0.25) is 4.98 Å². The smallest absolute Gasteiger partial charge is 0.167 e. The molecule has 0 spiro atoms. The number of nitrogens with zero attached hydrogens (tertiary/aromatic N) is 3. The minimum absolute atomic E-state index is 0.186. The Morgan fingerprint density at radius 2 is 1.32 bits per heavy atom. The predicted octanol–water partition coefficient (Wildman–Crippen LogP) is 7.48. The van der Waals surface area contributed by atoms with E-state index in [1.54, 1.807) is 18.3 Å². The highest BCUT2D eigenvalue weighted by Crippen LogP contribution is 2.27. The molecule has 164 valence electrons. The lowest BCUT2D eigenvalue weighted by Gasteiger charge is -2.09. The molecule has 2 heterocycles. The summed E-state index contributed by atoms with van der Waals surface area (Å²) >= 11 is 0. The highest BCUT2D eigenvalue weighted by atomic mass is 19.2. The molecule has 0 unspecified atom stereocenters. The molecule has 1 aromatic carbocycles. The molecule has 0 saturated carbocycles. The first-order chi connectivity index (χ1) is 15.1. The van der Waals surface area contributed by atoms with E-state index in [-0.39, 0.29) is 5.56 Å². The van der Waals surface area contributed by atoms with Gasteiger partial charge in [-0.15, -0.1) is 0 Å². The molecule has 5 heteroatoms. The topological polar surface area (TPSA) is 38.7 Å². The number of pyridine rings is 1. The molecule has 0 amide bonds. The van der Waals surface area contributed by atoms with Crippen LogP contribution in [0.5, 0.6) is 0 Å². The predicted molar refractivity (Wildman–Crippen MR) is 122 cm³/mol. The van der Waals surface area contributed by atoms with Crippen molar-refractivity contribution in [2.75, 3.05) is 0 Å². The zero-order valence-electron chi connectivity index (χ0n) is 18.5. The Hall–Kier alpha value is -2.69. The van der Waals surface area contributed by atoms with Crippen LogP contribution in [0.2, 0.25) is 0 Å². The second-order valence-electron chi connectivity index (χ2n) is 8.11. The first-order valence-electron chi connectivity index (χ1n) is 11.3. The van der Waals surface area contributed by atoms with Crippen LogP contribution in [-0.4, -0.2) is 15.0 Å². The average molecular weight is 424 g/mol. The molecule has 3 nitrogen and oxygen atoms in total. The zero-order chi connectivity index (χ0) is 22.1. The summed E-state index contributed by atoms with van der Waals surface area (Å²) in [4.78, 5) is 12.8. The van der Waals surface area contributed by atoms with Gasteiger partial charge in [0, 0.05) is 41.0 Å². The van der Waals surface area contributed by atoms with E-state index in [2.05, 4.69) is 21.9 Å². The third-order valence-corrected chi connectivity index (χ3v) is 5.59. The van der Waals surface area contributed by atoms with Gasteiger partial charge in [0.2, 0.25) is 0 Å². The lowest BCUT2D eigenvalue weighted by atomic mass is 10.0. The first kappa shape index (κ1) is 23.0. The van der Waals surface area contributed by atoms with Gasteiger partial charge in [0.25, 0.3) is 0 Å². The van der Waals surface area contributed by atoms with Gasteiger partial charge in [-0.2, -0.15) is 0 Å². The number of unbranched alkanes of at least 4 members (excludes halogenated alkanes) is 7. The standard InChI is InChI=1S/C26H31F2N3/c1-3-4-5-6-7-8-9-10-11-20-14-15-23(25(28)24(20)27)22-17-30-26(31-18-22)21-13-12-19(2)29-16-21/h12-18H,3-11H2,1-2H3. The monoisotopic (exact) mass is 423 g/mol. The van der Waals surface area contributed by atoms with E-state index in [0.717, 1.165) is 30.5 Å². The summed E-state index contributed by atoms with van der Waals surface area (Å²) in [6.07, 6.45) is 14.8. The Morgan fingerprint density at radius 3 is 1.97 bits per heavy atom. The zero-order valence-corrected chi connectivity index (χ0v) is 18.5. The molecule has 0 N–H and O–H groups in total. The lowest BCUT2D eigenvalue weighted by molar-refractivity contribution is 0.496. The van der Waals surface area contributed by atoms with E-state index in [9.17, 15) is 8.78 Å². The summed E-state index contributed by atoms with van der Waals surface area (Å²) in [6.45, 7) is 4.12.